The average Bonchev–Trinajstić information content (AvgIpc) is 3.03. The molecule has 3 rings (SSSR count). The van der Waals surface area contributed by atoms with E-state index in [2.05, 4.69) is 15.3 Å². The van der Waals surface area contributed by atoms with Crippen LogP contribution >= 0.6 is 22.9 Å². The molecule has 0 saturated heterocycles. The van der Waals surface area contributed by atoms with Crippen molar-refractivity contribution in [3.05, 3.63) is 52.9 Å². The van der Waals surface area contributed by atoms with E-state index >= 15 is 0 Å². The number of aromatic nitrogens is 3. The Bertz CT molecular complexity index is 779. The second-order valence-corrected chi connectivity index (χ2v) is 5.13. The first kappa shape index (κ1) is 12.8. The van der Waals surface area contributed by atoms with Crippen molar-refractivity contribution in [2.24, 2.45) is 0 Å². The molecule has 0 unspecified atom stereocenters. The highest BCUT2D eigenvalue weighted by Gasteiger charge is 2.07. The highest BCUT2D eigenvalue weighted by molar-refractivity contribution is 7.13. The number of carbonyl (C=O) groups is 1. The van der Waals surface area contributed by atoms with E-state index in [-0.39, 0.29) is 5.91 Å². The number of imidazole rings is 1. The molecule has 20 heavy (non-hydrogen) atoms. The van der Waals surface area contributed by atoms with Gasteiger partial charge < -0.3 is 0 Å². The number of nitrogens with zero attached hydrogens (tertiary/aromatic N) is 3. The number of thiazole rings is 1. The lowest BCUT2D eigenvalue weighted by atomic mass is 10.4. The Hall–Kier alpha value is -2.18. The van der Waals surface area contributed by atoms with Crippen molar-refractivity contribution in [2.75, 3.05) is 5.32 Å². The summed E-state index contributed by atoms with van der Waals surface area (Å²) in [5.41, 5.74) is 1.40. The van der Waals surface area contributed by atoms with Crippen LogP contribution in [0.25, 0.3) is 11.7 Å². The van der Waals surface area contributed by atoms with Gasteiger partial charge in [-0.25, -0.2) is 9.97 Å². The molecule has 100 valence electrons. The lowest BCUT2D eigenvalue weighted by Gasteiger charge is -1.97. The fraction of sp³-hybridized carbons (Fsp3) is 0. The van der Waals surface area contributed by atoms with Crippen molar-refractivity contribution in [1.29, 1.82) is 0 Å². The van der Waals surface area contributed by atoms with Gasteiger partial charge in [0.2, 0.25) is 5.91 Å². The summed E-state index contributed by atoms with van der Waals surface area (Å²) in [5, 5.41) is 5.37. The molecule has 0 aliphatic rings. The van der Waals surface area contributed by atoms with E-state index in [4.69, 9.17) is 11.6 Å². The fourth-order valence-electron chi connectivity index (χ4n) is 1.72. The number of fused-ring (bicyclic) bond motifs is 1. The lowest BCUT2D eigenvalue weighted by Crippen LogP contribution is -2.07. The van der Waals surface area contributed by atoms with Gasteiger partial charge in [0.15, 0.2) is 10.3 Å². The minimum absolute atomic E-state index is 0.262. The van der Waals surface area contributed by atoms with Gasteiger partial charge in [0.05, 0.1) is 5.69 Å². The molecule has 1 N–H and O–H groups in total. The molecular formula is C13H9ClN4OS. The number of amides is 1. The van der Waals surface area contributed by atoms with E-state index in [1.807, 2.05) is 28.8 Å². The van der Waals surface area contributed by atoms with Crippen LogP contribution in [0.1, 0.15) is 5.69 Å². The van der Waals surface area contributed by atoms with Gasteiger partial charge in [-0.05, 0) is 18.2 Å². The third kappa shape index (κ3) is 2.56. The number of hydrogen-bond acceptors (Lipinski definition) is 4. The van der Waals surface area contributed by atoms with Gasteiger partial charge in [0, 0.05) is 23.8 Å². The maximum atomic E-state index is 11.7. The Morgan fingerprint density at radius 2 is 2.35 bits per heavy atom. The summed E-state index contributed by atoms with van der Waals surface area (Å²) in [7, 11) is 0. The molecule has 0 saturated carbocycles. The van der Waals surface area contributed by atoms with Crippen LogP contribution in [0, 0.1) is 0 Å². The van der Waals surface area contributed by atoms with Gasteiger partial charge in [0.25, 0.3) is 0 Å². The molecule has 0 aliphatic heterocycles. The third-order valence-corrected chi connectivity index (χ3v) is 3.54. The largest absolute Gasteiger partial charge is 0.299 e. The normalized spacial score (nSPS) is 11.2. The summed E-state index contributed by atoms with van der Waals surface area (Å²) in [6.45, 7) is 0. The van der Waals surface area contributed by atoms with Crippen molar-refractivity contribution in [1.82, 2.24) is 14.4 Å². The highest BCUT2D eigenvalue weighted by atomic mass is 35.5. The van der Waals surface area contributed by atoms with E-state index < -0.39 is 0 Å². The molecule has 0 aliphatic carbocycles. The molecule has 0 aromatic carbocycles. The molecule has 0 atom stereocenters. The zero-order valence-electron chi connectivity index (χ0n) is 10.2. The van der Waals surface area contributed by atoms with Gasteiger partial charge in [-0.3, -0.25) is 14.5 Å². The smallest absolute Gasteiger partial charge is 0.250 e. The van der Waals surface area contributed by atoms with Crippen molar-refractivity contribution >= 4 is 45.7 Å². The van der Waals surface area contributed by atoms with Crippen LogP contribution in [0.15, 0.2) is 42.0 Å². The predicted octanol–water partition coefficient (Wildman–Crippen LogP) is 3.10. The van der Waals surface area contributed by atoms with E-state index in [0.717, 1.165) is 5.65 Å². The van der Waals surface area contributed by atoms with Crippen molar-refractivity contribution in [3.8, 4) is 0 Å². The molecule has 7 heteroatoms. The van der Waals surface area contributed by atoms with Gasteiger partial charge in [-0.15, -0.1) is 11.3 Å². The number of nitrogens with one attached hydrogen (secondary N) is 1. The van der Waals surface area contributed by atoms with Crippen LogP contribution in [0.4, 0.5) is 5.13 Å². The van der Waals surface area contributed by atoms with E-state index in [1.165, 1.54) is 17.4 Å². The summed E-state index contributed by atoms with van der Waals surface area (Å²) < 4.78 is 1.81. The SMILES string of the molecule is O=C(/C=C/c1c(Cl)nc2ccccn12)Nc1nccs1. The molecule has 3 aromatic rings. The number of carbonyl (C=O) groups excluding carboxylic acids is 1. The number of anilines is 1. The number of hydrogen-bond donors (Lipinski definition) is 1. The summed E-state index contributed by atoms with van der Waals surface area (Å²) in [6.07, 6.45) is 6.51. The first-order valence-corrected chi connectivity index (χ1v) is 7.01. The Kier molecular flexibility index (Phi) is 3.49. The first-order chi connectivity index (χ1) is 9.74. The zero-order chi connectivity index (χ0) is 13.9. The van der Waals surface area contributed by atoms with Crippen molar-refractivity contribution in [2.45, 2.75) is 0 Å². The van der Waals surface area contributed by atoms with E-state index in [9.17, 15) is 4.79 Å². The van der Waals surface area contributed by atoms with Crippen LogP contribution in [-0.2, 0) is 4.79 Å². The Morgan fingerprint density at radius 3 is 3.15 bits per heavy atom. The molecule has 0 radical (unpaired) electrons. The second-order valence-electron chi connectivity index (χ2n) is 3.88. The van der Waals surface area contributed by atoms with Gasteiger partial charge in [-0.1, -0.05) is 17.7 Å². The van der Waals surface area contributed by atoms with Gasteiger partial charge in [-0.2, -0.15) is 0 Å². The quantitative estimate of drug-likeness (QED) is 0.756. The Morgan fingerprint density at radius 1 is 1.45 bits per heavy atom. The number of rotatable bonds is 3. The second kappa shape index (κ2) is 5.44. The summed E-state index contributed by atoms with van der Waals surface area (Å²) in [6, 6.07) is 5.60. The van der Waals surface area contributed by atoms with Crippen LogP contribution in [0.2, 0.25) is 5.15 Å². The summed E-state index contributed by atoms with van der Waals surface area (Å²) in [4.78, 5) is 19.9. The van der Waals surface area contributed by atoms with E-state index in [1.54, 1.807) is 17.7 Å². The standard InChI is InChI=1S/C13H9ClN4OS/c14-12-9(18-7-2-1-3-10(18)16-12)4-5-11(19)17-13-15-6-8-20-13/h1-8H,(H,15,17,19)/b5-4+. The summed E-state index contributed by atoms with van der Waals surface area (Å²) in [5.74, 6) is -0.262. The molecule has 0 bridgehead atoms. The molecule has 3 heterocycles. The van der Waals surface area contributed by atoms with Crippen molar-refractivity contribution < 1.29 is 4.79 Å². The predicted molar refractivity (Wildman–Crippen MR) is 80.0 cm³/mol. The molecule has 0 spiro atoms. The monoisotopic (exact) mass is 304 g/mol. The maximum Gasteiger partial charge on any atom is 0.250 e. The number of pyridine rings is 1. The molecule has 3 aromatic heterocycles. The Balaban J connectivity index is 1.83. The molecular weight excluding hydrogens is 296 g/mol. The molecule has 0 fully saturated rings. The van der Waals surface area contributed by atoms with Gasteiger partial charge in [0.1, 0.15) is 5.65 Å². The minimum atomic E-state index is -0.262. The average molecular weight is 305 g/mol. The van der Waals surface area contributed by atoms with Crippen molar-refractivity contribution in [3.63, 3.8) is 0 Å². The Labute approximate surface area is 123 Å². The lowest BCUT2D eigenvalue weighted by molar-refractivity contribution is -0.111. The third-order valence-electron chi connectivity index (χ3n) is 2.58. The minimum Gasteiger partial charge on any atom is -0.299 e. The topological polar surface area (TPSA) is 59.3 Å². The van der Waals surface area contributed by atoms with Crippen LogP contribution < -0.4 is 5.32 Å². The maximum absolute atomic E-state index is 11.7. The van der Waals surface area contributed by atoms with Crippen LogP contribution in [0.5, 0.6) is 0 Å². The fourth-order valence-corrected chi connectivity index (χ4v) is 2.49. The molecule has 1 amide bonds. The number of halogens is 1. The highest BCUT2D eigenvalue weighted by Crippen LogP contribution is 2.19. The zero-order valence-corrected chi connectivity index (χ0v) is 11.7. The van der Waals surface area contributed by atoms with Crippen LogP contribution in [-0.4, -0.2) is 20.3 Å². The summed E-state index contributed by atoms with van der Waals surface area (Å²) >= 11 is 7.43. The van der Waals surface area contributed by atoms with E-state index in [0.29, 0.717) is 16.0 Å². The van der Waals surface area contributed by atoms with Crippen LogP contribution in [0.3, 0.4) is 0 Å². The molecule has 5 nitrogen and oxygen atoms in total. The van der Waals surface area contributed by atoms with Gasteiger partial charge >= 0.3 is 0 Å². The first-order valence-electron chi connectivity index (χ1n) is 5.75.